The number of benzene rings is 7. The van der Waals surface area contributed by atoms with E-state index in [-0.39, 0.29) is 5.92 Å². The molecule has 2 aromatic heterocycles. The average molecular weight is 639 g/mol. The highest BCUT2D eigenvalue weighted by atomic mass is 15.0. The van der Waals surface area contributed by atoms with Crippen LogP contribution in [0.5, 0.6) is 0 Å². The number of rotatable bonds is 5. The Hall–Kier alpha value is -6.38. The molecule has 0 N–H and O–H groups in total. The highest BCUT2D eigenvalue weighted by molar-refractivity contribution is 6.09. The number of allylic oxidation sites excluding steroid dienone is 1. The molecule has 0 amide bonds. The van der Waals surface area contributed by atoms with Crippen molar-refractivity contribution in [1.29, 1.82) is 0 Å². The van der Waals surface area contributed by atoms with Crippen molar-refractivity contribution in [2.75, 3.05) is 0 Å². The second-order valence-corrected chi connectivity index (χ2v) is 13.3. The van der Waals surface area contributed by atoms with E-state index in [0.717, 1.165) is 6.42 Å². The van der Waals surface area contributed by atoms with Crippen molar-refractivity contribution in [3.05, 3.63) is 199 Å². The summed E-state index contributed by atoms with van der Waals surface area (Å²) in [5.74, 6) is 0.255. The summed E-state index contributed by atoms with van der Waals surface area (Å²) in [7, 11) is 0. The molecule has 0 saturated heterocycles. The zero-order valence-corrected chi connectivity index (χ0v) is 27.6. The average Bonchev–Trinajstić information content (AvgIpc) is 3.71. The van der Waals surface area contributed by atoms with E-state index in [1.165, 1.54) is 83.2 Å². The zero-order valence-electron chi connectivity index (χ0n) is 27.6. The Balaban J connectivity index is 1.07. The van der Waals surface area contributed by atoms with Gasteiger partial charge in [0.2, 0.25) is 0 Å². The quantitative estimate of drug-likeness (QED) is 0.178. The van der Waals surface area contributed by atoms with Gasteiger partial charge in [-0.3, -0.25) is 0 Å². The molecule has 0 radical (unpaired) electrons. The van der Waals surface area contributed by atoms with Gasteiger partial charge in [0.1, 0.15) is 0 Å². The van der Waals surface area contributed by atoms with Crippen LogP contribution in [0.25, 0.3) is 72.4 Å². The molecule has 10 rings (SSSR count). The molecular formula is C48H34N2. The number of hydrogen-bond donors (Lipinski definition) is 0. The summed E-state index contributed by atoms with van der Waals surface area (Å²) in [6.07, 6.45) is 5.71. The van der Waals surface area contributed by atoms with Gasteiger partial charge >= 0.3 is 0 Å². The second-order valence-electron chi connectivity index (χ2n) is 13.3. The summed E-state index contributed by atoms with van der Waals surface area (Å²) < 4.78 is 4.92. The lowest BCUT2D eigenvalue weighted by molar-refractivity contribution is 0.783. The molecule has 9 aromatic rings. The summed E-state index contributed by atoms with van der Waals surface area (Å²) in [6.45, 7) is 0. The maximum atomic E-state index is 2.49. The van der Waals surface area contributed by atoms with Crippen molar-refractivity contribution in [3.63, 3.8) is 0 Å². The third kappa shape index (κ3) is 4.64. The van der Waals surface area contributed by atoms with E-state index in [1.54, 1.807) is 0 Å². The van der Waals surface area contributed by atoms with Crippen LogP contribution in [0.2, 0.25) is 0 Å². The van der Waals surface area contributed by atoms with Gasteiger partial charge in [0.15, 0.2) is 0 Å². The zero-order chi connectivity index (χ0) is 33.0. The van der Waals surface area contributed by atoms with Gasteiger partial charge in [0.25, 0.3) is 0 Å². The van der Waals surface area contributed by atoms with Gasteiger partial charge in [-0.2, -0.15) is 0 Å². The first-order valence-electron chi connectivity index (χ1n) is 17.5. The van der Waals surface area contributed by atoms with Crippen LogP contribution in [0.15, 0.2) is 182 Å². The van der Waals surface area contributed by atoms with E-state index >= 15 is 0 Å². The Bertz CT molecular complexity index is 2690. The molecule has 0 fully saturated rings. The van der Waals surface area contributed by atoms with Crippen molar-refractivity contribution < 1.29 is 0 Å². The standard InChI is InChI=1S/C48H34N2/c1-3-11-33(12-4-1)35-19-25-39(26-20-35)49-45-17-9-7-15-41(45)43-29-23-37(31-47(43)49)38-24-30-44-42-16-8-10-18-46(42)50(48(44)32-38)40-27-21-36(22-28-40)34-13-5-2-6-14-34/h1-31,38H,32H2. The Labute approximate surface area is 291 Å². The Morgan fingerprint density at radius 1 is 0.400 bits per heavy atom. The molecule has 0 spiro atoms. The van der Waals surface area contributed by atoms with E-state index in [1.807, 2.05) is 0 Å². The smallest absolute Gasteiger partial charge is 0.0544 e. The summed E-state index contributed by atoms with van der Waals surface area (Å²) in [5, 5.41) is 3.87. The number of aromatic nitrogens is 2. The van der Waals surface area contributed by atoms with Gasteiger partial charge in [-0.05, 0) is 76.7 Å². The molecule has 2 heterocycles. The molecule has 2 nitrogen and oxygen atoms in total. The third-order valence-corrected chi connectivity index (χ3v) is 10.5. The fourth-order valence-electron chi connectivity index (χ4n) is 8.08. The van der Waals surface area contributed by atoms with Gasteiger partial charge in [0, 0.05) is 44.7 Å². The topological polar surface area (TPSA) is 9.86 Å². The van der Waals surface area contributed by atoms with E-state index in [9.17, 15) is 0 Å². The van der Waals surface area contributed by atoms with Crippen LogP contribution in [-0.2, 0) is 6.42 Å². The molecule has 50 heavy (non-hydrogen) atoms. The first-order valence-corrected chi connectivity index (χ1v) is 17.5. The fourth-order valence-corrected chi connectivity index (χ4v) is 8.08. The van der Waals surface area contributed by atoms with Gasteiger partial charge in [-0.25, -0.2) is 0 Å². The summed E-state index contributed by atoms with van der Waals surface area (Å²) in [6, 6.07) is 64.0. The minimum Gasteiger partial charge on any atom is -0.313 e. The molecular weight excluding hydrogens is 605 g/mol. The van der Waals surface area contributed by atoms with E-state index in [0.29, 0.717) is 0 Å². The van der Waals surface area contributed by atoms with Crippen molar-refractivity contribution in [2.24, 2.45) is 0 Å². The molecule has 0 saturated carbocycles. The monoisotopic (exact) mass is 638 g/mol. The maximum absolute atomic E-state index is 2.49. The molecule has 1 aliphatic rings. The van der Waals surface area contributed by atoms with Gasteiger partial charge in [-0.1, -0.05) is 146 Å². The lowest BCUT2D eigenvalue weighted by atomic mass is 9.87. The van der Waals surface area contributed by atoms with Gasteiger partial charge < -0.3 is 9.13 Å². The molecule has 1 atom stereocenters. The predicted molar refractivity (Wildman–Crippen MR) is 210 cm³/mol. The maximum Gasteiger partial charge on any atom is 0.0544 e. The van der Waals surface area contributed by atoms with Crippen LogP contribution < -0.4 is 0 Å². The first-order chi connectivity index (χ1) is 24.8. The molecule has 0 aliphatic heterocycles. The Morgan fingerprint density at radius 3 is 1.54 bits per heavy atom. The minimum absolute atomic E-state index is 0.255. The lowest BCUT2D eigenvalue weighted by Gasteiger charge is -2.21. The summed E-state index contributed by atoms with van der Waals surface area (Å²) in [4.78, 5) is 0. The normalized spacial score (nSPS) is 14.0. The van der Waals surface area contributed by atoms with Crippen LogP contribution in [0.1, 0.15) is 22.7 Å². The number of para-hydroxylation sites is 2. The van der Waals surface area contributed by atoms with E-state index in [2.05, 4.69) is 197 Å². The fraction of sp³-hybridized carbons (Fsp3) is 0.0417. The molecule has 1 unspecified atom stereocenters. The number of hydrogen-bond acceptors (Lipinski definition) is 0. The number of fused-ring (bicyclic) bond motifs is 6. The molecule has 1 aliphatic carbocycles. The van der Waals surface area contributed by atoms with Crippen LogP contribution in [0.4, 0.5) is 0 Å². The minimum atomic E-state index is 0.255. The summed E-state index contributed by atoms with van der Waals surface area (Å²) >= 11 is 0. The number of nitrogens with zero attached hydrogens (tertiary/aromatic N) is 2. The van der Waals surface area contributed by atoms with Crippen LogP contribution in [-0.4, -0.2) is 9.13 Å². The van der Waals surface area contributed by atoms with Crippen molar-refractivity contribution in [3.8, 4) is 33.6 Å². The van der Waals surface area contributed by atoms with Gasteiger partial charge in [-0.15, -0.1) is 0 Å². The predicted octanol–water partition coefficient (Wildman–Crippen LogP) is 12.4. The van der Waals surface area contributed by atoms with Crippen LogP contribution in [0, 0.1) is 0 Å². The molecule has 0 bridgehead atoms. The highest BCUT2D eigenvalue weighted by Crippen LogP contribution is 2.40. The van der Waals surface area contributed by atoms with Crippen LogP contribution in [0.3, 0.4) is 0 Å². The van der Waals surface area contributed by atoms with Crippen molar-refractivity contribution in [1.82, 2.24) is 9.13 Å². The van der Waals surface area contributed by atoms with E-state index < -0.39 is 0 Å². The van der Waals surface area contributed by atoms with Gasteiger partial charge in [0.05, 0.1) is 16.6 Å². The molecule has 7 aromatic carbocycles. The SMILES string of the molecule is C1=CC(c2ccc3c4ccccc4n(-c4ccc(-c5ccccc5)cc4)c3c2)Cc2c1c1ccccc1n2-c1ccc(-c2ccccc2)cc1. The van der Waals surface area contributed by atoms with Crippen molar-refractivity contribution >= 4 is 38.8 Å². The van der Waals surface area contributed by atoms with E-state index in [4.69, 9.17) is 0 Å². The highest BCUT2D eigenvalue weighted by Gasteiger charge is 2.24. The summed E-state index contributed by atoms with van der Waals surface area (Å²) in [5.41, 5.74) is 15.1. The second kappa shape index (κ2) is 11.6. The molecule has 236 valence electrons. The Morgan fingerprint density at radius 2 is 0.900 bits per heavy atom. The third-order valence-electron chi connectivity index (χ3n) is 10.5. The lowest BCUT2D eigenvalue weighted by Crippen LogP contribution is -2.10. The first kappa shape index (κ1) is 28.6. The molecule has 2 heteroatoms. The largest absolute Gasteiger partial charge is 0.313 e. The van der Waals surface area contributed by atoms with Crippen molar-refractivity contribution in [2.45, 2.75) is 12.3 Å². The van der Waals surface area contributed by atoms with Crippen LogP contribution >= 0.6 is 0 Å². The Kier molecular flexibility index (Phi) is 6.67.